The summed E-state index contributed by atoms with van der Waals surface area (Å²) < 4.78 is 24.1. The third-order valence-corrected chi connectivity index (χ3v) is 3.29. The topological polar surface area (TPSA) is 52.1 Å². The number of rotatable bonds is 4. The Bertz CT molecular complexity index is 739. The fourth-order valence-electron chi connectivity index (χ4n) is 1.83. The number of aromatic nitrogens is 2. The molecule has 0 aliphatic carbocycles. The Hall–Kier alpha value is -1.47. The zero-order chi connectivity index (χ0) is 14.1. The number of furan rings is 1. The molecule has 0 aliphatic heterocycles. The second-order valence-corrected chi connectivity index (χ2v) is 5.97. The predicted octanol–water partition coefficient (Wildman–Crippen LogP) is 3.74. The van der Waals surface area contributed by atoms with Crippen LogP contribution in [0, 0.1) is 5.82 Å². The highest BCUT2D eigenvalue weighted by Crippen LogP contribution is 2.27. The average Bonchev–Trinajstić information content (AvgIpc) is 3.01. The summed E-state index contributed by atoms with van der Waals surface area (Å²) >= 11 is 8.34. The molecule has 0 fully saturated rings. The lowest BCUT2D eigenvalue weighted by Crippen LogP contribution is -1.92. The van der Waals surface area contributed by atoms with Crippen LogP contribution in [0.1, 0.15) is 12.3 Å². The second-order valence-electron chi connectivity index (χ2n) is 4.31. The van der Waals surface area contributed by atoms with E-state index in [0.717, 1.165) is 6.42 Å². The molecule has 3 rings (SSSR count). The highest BCUT2D eigenvalue weighted by molar-refractivity contribution is 7.99. The molecule has 4 nitrogen and oxygen atoms in total. The van der Waals surface area contributed by atoms with Gasteiger partial charge in [-0.1, -0.05) is 0 Å². The van der Waals surface area contributed by atoms with E-state index >= 15 is 0 Å². The Balaban J connectivity index is 1.87. The molecule has 0 radical (unpaired) electrons. The van der Waals surface area contributed by atoms with Crippen LogP contribution in [0.15, 0.2) is 33.1 Å². The Morgan fingerprint density at radius 2 is 2.00 bits per heavy atom. The summed E-state index contributed by atoms with van der Waals surface area (Å²) in [6, 6.07) is 5.98. The van der Waals surface area contributed by atoms with E-state index < -0.39 is 0 Å². The predicted molar refractivity (Wildman–Crippen MR) is 79.5 cm³/mol. The maximum atomic E-state index is 13.1. The quantitative estimate of drug-likeness (QED) is 0.569. The number of thiol groups is 2. The summed E-state index contributed by atoms with van der Waals surface area (Å²) in [6.45, 7) is 0. The van der Waals surface area contributed by atoms with Crippen LogP contribution in [-0.4, -0.2) is 14.8 Å². The summed E-state index contributed by atoms with van der Waals surface area (Å²) in [5, 5.41) is 8.52. The first-order valence-corrected chi connectivity index (χ1v) is 7.03. The van der Waals surface area contributed by atoms with Crippen molar-refractivity contribution in [3.8, 4) is 11.7 Å². The molecule has 0 amide bonds. The first-order chi connectivity index (χ1) is 9.61. The molecular weight excluding hydrogens is 299 g/mol. The minimum Gasteiger partial charge on any atom is -0.451 e. The lowest BCUT2D eigenvalue weighted by molar-refractivity contribution is 0.484. The fourth-order valence-corrected chi connectivity index (χ4v) is 2.08. The zero-order valence-electron chi connectivity index (χ0n) is 10.3. The molecule has 1 aromatic carbocycles. The van der Waals surface area contributed by atoms with Gasteiger partial charge in [-0.3, -0.25) is 0 Å². The van der Waals surface area contributed by atoms with Crippen molar-refractivity contribution < 1.29 is 13.2 Å². The monoisotopic (exact) mass is 310 g/mol. The highest BCUT2D eigenvalue weighted by Gasteiger charge is 2.14. The van der Waals surface area contributed by atoms with Gasteiger partial charge in [-0.15, -0.1) is 10.2 Å². The molecule has 104 valence electrons. The first kappa shape index (κ1) is 13.5. The Morgan fingerprint density at radius 1 is 1.15 bits per heavy atom. The molecule has 0 saturated heterocycles. The third kappa shape index (κ3) is 2.83. The maximum Gasteiger partial charge on any atom is 0.283 e. The molecular formula is C13H11FN2O2S2. The van der Waals surface area contributed by atoms with Crippen LogP contribution in [0.3, 0.4) is 0 Å². The molecule has 0 aliphatic rings. The Labute approximate surface area is 125 Å². The number of halogens is 1. The van der Waals surface area contributed by atoms with Gasteiger partial charge in [0.1, 0.15) is 11.4 Å². The highest BCUT2D eigenvalue weighted by atomic mass is 32.2. The van der Waals surface area contributed by atoms with Gasteiger partial charge in [0.15, 0.2) is 5.76 Å². The molecule has 0 saturated carbocycles. The average molecular weight is 310 g/mol. The molecule has 0 atom stereocenters. The summed E-state index contributed by atoms with van der Waals surface area (Å²) in [7, 11) is 0. The smallest absolute Gasteiger partial charge is 0.283 e. The van der Waals surface area contributed by atoms with Gasteiger partial charge in [0.05, 0.1) is 0 Å². The largest absolute Gasteiger partial charge is 0.451 e. The number of hydrogen-bond donors (Lipinski definition) is 2. The van der Waals surface area contributed by atoms with Gasteiger partial charge in [0.25, 0.3) is 5.89 Å². The molecule has 0 bridgehead atoms. The molecule has 0 unspecified atom stereocenters. The van der Waals surface area contributed by atoms with Crippen molar-refractivity contribution in [2.45, 2.75) is 17.4 Å². The van der Waals surface area contributed by atoms with Crippen LogP contribution >= 0.6 is 25.3 Å². The lowest BCUT2D eigenvalue weighted by atomic mass is 10.2. The maximum absolute atomic E-state index is 13.1. The number of benzene rings is 1. The standard InChI is InChI=1S/C13H11FN2O2S2/c14-8-1-2-9-7(5-8)6-10(17-9)13-16-15-11(18-13)3-4-12(19)20/h1-2,5-6,12,19-20H,3-4H2. The minimum absolute atomic E-state index is 0.0282. The van der Waals surface area contributed by atoms with Gasteiger partial charge < -0.3 is 8.83 Å². The Morgan fingerprint density at radius 3 is 2.80 bits per heavy atom. The van der Waals surface area contributed by atoms with Gasteiger partial charge in [0.2, 0.25) is 5.89 Å². The number of nitrogens with zero attached hydrogens (tertiary/aromatic N) is 2. The van der Waals surface area contributed by atoms with Crippen LogP contribution in [0.4, 0.5) is 4.39 Å². The van der Waals surface area contributed by atoms with Crippen molar-refractivity contribution >= 4 is 36.2 Å². The van der Waals surface area contributed by atoms with E-state index in [9.17, 15) is 4.39 Å². The lowest BCUT2D eigenvalue weighted by Gasteiger charge is -1.97. The minimum atomic E-state index is -0.315. The van der Waals surface area contributed by atoms with Gasteiger partial charge >= 0.3 is 0 Å². The van der Waals surface area contributed by atoms with E-state index in [1.54, 1.807) is 12.1 Å². The SMILES string of the molecule is Fc1ccc2oc(-c3nnc(CCC(S)S)o3)cc2c1. The van der Waals surface area contributed by atoms with Crippen molar-refractivity contribution in [3.05, 3.63) is 36.0 Å². The molecule has 7 heteroatoms. The van der Waals surface area contributed by atoms with Crippen molar-refractivity contribution in [2.24, 2.45) is 0 Å². The van der Waals surface area contributed by atoms with Gasteiger partial charge in [-0.25, -0.2) is 4.39 Å². The van der Waals surface area contributed by atoms with Crippen LogP contribution in [0.2, 0.25) is 0 Å². The van der Waals surface area contributed by atoms with Crippen LogP contribution in [-0.2, 0) is 6.42 Å². The van der Waals surface area contributed by atoms with Gasteiger partial charge in [0, 0.05) is 16.4 Å². The summed E-state index contributed by atoms with van der Waals surface area (Å²) in [4.78, 5) is 0. The normalized spacial score (nSPS) is 11.6. The van der Waals surface area contributed by atoms with E-state index in [0.29, 0.717) is 29.0 Å². The van der Waals surface area contributed by atoms with Crippen molar-refractivity contribution in [1.29, 1.82) is 0 Å². The molecule has 2 aromatic heterocycles. The molecule has 0 N–H and O–H groups in total. The van der Waals surface area contributed by atoms with Crippen LogP contribution in [0.5, 0.6) is 0 Å². The number of fused-ring (bicyclic) bond motifs is 1. The van der Waals surface area contributed by atoms with Crippen molar-refractivity contribution in [1.82, 2.24) is 10.2 Å². The van der Waals surface area contributed by atoms with E-state index in [-0.39, 0.29) is 16.3 Å². The fraction of sp³-hybridized carbons (Fsp3) is 0.231. The first-order valence-electron chi connectivity index (χ1n) is 6.00. The third-order valence-electron chi connectivity index (χ3n) is 2.77. The van der Waals surface area contributed by atoms with E-state index in [4.69, 9.17) is 8.83 Å². The van der Waals surface area contributed by atoms with E-state index in [1.807, 2.05) is 0 Å². The molecule has 2 heterocycles. The van der Waals surface area contributed by atoms with Gasteiger partial charge in [-0.2, -0.15) is 25.3 Å². The second kappa shape index (κ2) is 5.49. The zero-order valence-corrected chi connectivity index (χ0v) is 12.1. The van der Waals surface area contributed by atoms with E-state index in [2.05, 4.69) is 35.5 Å². The summed E-state index contributed by atoms with van der Waals surface area (Å²) in [5.74, 6) is 0.897. The van der Waals surface area contributed by atoms with Crippen molar-refractivity contribution in [3.63, 3.8) is 0 Å². The van der Waals surface area contributed by atoms with E-state index in [1.165, 1.54) is 12.1 Å². The summed E-state index contributed by atoms with van der Waals surface area (Å²) in [6.07, 6.45) is 1.32. The number of aryl methyl sites for hydroxylation is 1. The molecule has 0 spiro atoms. The van der Waals surface area contributed by atoms with Gasteiger partial charge in [-0.05, 0) is 30.7 Å². The van der Waals surface area contributed by atoms with Crippen LogP contribution < -0.4 is 0 Å². The summed E-state index contributed by atoms with van der Waals surface area (Å²) in [5.41, 5.74) is 0.576. The van der Waals surface area contributed by atoms with Crippen molar-refractivity contribution in [2.75, 3.05) is 0 Å². The molecule has 20 heavy (non-hydrogen) atoms. The number of hydrogen-bond acceptors (Lipinski definition) is 6. The van der Waals surface area contributed by atoms with Crippen LogP contribution in [0.25, 0.3) is 22.6 Å². The Kier molecular flexibility index (Phi) is 3.71. The molecule has 3 aromatic rings.